The van der Waals surface area contributed by atoms with E-state index in [2.05, 4.69) is 64.0 Å². The van der Waals surface area contributed by atoms with E-state index in [9.17, 15) is 9.59 Å². The quantitative estimate of drug-likeness (QED) is 0.411. The van der Waals surface area contributed by atoms with Crippen LogP contribution in [0.15, 0.2) is 47.0 Å². The molecule has 1 aromatic heterocycles. The van der Waals surface area contributed by atoms with E-state index in [1.165, 1.54) is 5.56 Å². The number of halogens is 2. The molecule has 1 aliphatic carbocycles. The third-order valence-electron chi connectivity index (χ3n) is 6.79. The molecule has 2 N–H and O–H groups in total. The molecule has 1 aliphatic rings. The monoisotopic (exact) mass is 543 g/mol. The summed E-state index contributed by atoms with van der Waals surface area (Å²) in [6.07, 6.45) is 3.84. The molecule has 196 valence electrons. The summed E-state index contributed by atoms with van der Waals surface area (Å²) in [6, 6.07) is 14.3. The highest BCUT2D eigenvalue weighted by molar-refractivity contribution is 6.36. The third kappa shape index (κ3) is 6.69. The summed E-state index contributed by atoms with van der Waals surface area (Å²) in [5.74, 6) is -0.423. The molecule has 0 saturated heterocycles. The van der Waals surface area contributed by atoms with E-state index >= 15 is 0 Å². The summed E-state index contributed by atoms with van der Waals surface area (Å²) < 4.78 is 5.09. The molecule has 2 aromatic carbocycles. The van der Waals surface area contributed by atoms with Gasteiger partial charge in [0, 0.05) is 22.7 Å². The van der Waals surface area contributed by atoms with Crippen molar-refractivity contribution in [2.24, 2.45) is 5.92 Å². The minimum atomic E-state index is -0.628. The number of amides is 2. The molecule has 1 saturated carbocycles. The van der Waals surface area contributed by atoms with Crippen molar-refractivity contribution in [2.45, 2.75) is 44.7 Å². The summed E-state index contributed by atoms with van der Waals surface area (Å²) in [7, 11) is 4.23. The number of nitrogens with one attached hydrogen (secondary N) is 2. The van der Waals surface area contributed by atoms with Crippen molar-refractivity contribution < 1.29 is 14.1 Å². The lowest BCUT2D eigenvalue weighted by Crippen LogP contribution is -2.44. The summed E-state index contributed by atoms with van der Waals surface area (Å²) >= 11 is 12.3. The van der Waals surface area contributed by atoms with Gasteiger partial charge in [0.05, 0.1) is 11.6 Å². The second-order valence-electron chi connectivity index (χ2n) is 9.68. The first-order valence-corrected chi connectivity index (χ1v) is 13.1. The van der Waals surface area contributed by atoms with Crippen molar-refractivity contribution in [2.75, 3.05) is 20.6 Å². The van der Waals surface area contributed by atoms with E-state index in [0.717, 1.165) is 31.2 Å². The van der Waals surface area contributed by atoms with Gasteiger partial charge in [-0.3, -0.25) is 9.59 Å². The first-order valence-electron chi connectivity index (χ1n) is 12.3. The molecule has 0 aliphatic heterocycles. The van der Waals surface area contributed by atoms with Crippen molar-refractivity contribution in [1.82, 2.24) is 25.7 Å². The van der Waals surface area contributed by atoms with Crippen LogP contribution in [0, 0.1) is 12.8 Å². The fourth-order valence-electron chi connectivity index (χ4n) is 5.14. The Bertz CT molecular complexity index is 1220. The Morgan fingerprint density at radius 1 is 1.11 bits per heavy atom. The minimum absolute atomic E-state index is 0.0873. The Morgan fingerprint density at radius 3 is 2.46 bits per heavy atom. The van der Waals surface area contributed by atoms with Gasteiger partial charge in [-0.05, 0) is 75.9 Å². The van der Waals surface area contributed by atoms with Gasteiger partial charge < -0.3 is 20.1 Å². The molecule has 1 atom stereocenters. The molecule has 3 aromatic rings. The van der Waals surface area contributed by atoms with Crippen LogP contribution < -0.4 is 10.6 Å². The van der Waals surface area contributed by atoms with E-state index in [4.69, 9.17) is 27.7 Å². The smallest absolute Gasteiger partial charge is 0.316 e. The summed E-state index contributed by atoms with van der Waals surface area (Å²) in [5, 5.41) is 10.3. The van der Waals surface area contributed by atoms with Gasteiger partial charge in [-0.25, -0.2) is 0 Å². The number of hydrogen-bond acceptors (Lipinski definition) is 6. The molecule has 0 spiro atoms. The Balaban J connectivity index is 1.26. The minimum Gasteiger partial charge on any atom is -0.352 e. The van der Waals surface area contributed by atoms with Crippen LogP contribution in [-0.4, -0.2) is 53.5 Å². The van der Waals surface area contributed by atoms with Gasteiger partial charge in [-0.1, -0.05) is 58.7 Å². The molecule has 0 radical (unpaired) electrons. The normalized spacial score (nSPS) is 18.4. The second kappa shape index (κ2) is 12.1. The number of carbonyl (C=O) groups excluding carboxylic acids is 2. The lowest BCUT2D eigenvalue weighted by Gasteiger charge is -2.37. The number of nitrogens with zero attached hydrogens (tertiary/aromatic N) is 3. The SMILES string of the molecule is Cc1cc(Cl)cc(Cl)c1-c1noc(C(=O)NCC(=O)NC2CCC(C(c3ccccc3)N(C)C)CC2)n1. The van der Waals surface area contributed by atoms with Gasteiger partial charge in [-0.2, -0.15) is 4.98 Å². The number of aromatic nitrogens is 2. The van der Waals surface area contributed by atoms with Gasteiger partial charge in [0.25, 0.3) is 0 Å². The number of benzene rings is 2. The van der Waals surface area contributed by atoms with Gasteiger partial charge in [0.1, 0.15) is 0 Å². The van der Waals surface area contributed by atoms with Crippen molar-refractivity contribution >= 4 is 35.0 Å². The highest BCUT2D eigenvalue weighted by atomic mass is 35.5. The fourth-order valence-corrected chi connectivity index (χ4v) is 5.82. The van der Waals surface area contributed by atoms with Gasteiger partial charge in [0.2, 0.25) is 11.7 Å². The van der Waals surface area contributed by atoms with Crippen molar-refractivity contribution in [3.05, 3.63) is 69.5 Å². The Labute approximate surface area is 226 Å². The lowest BCUT2D eigenvalue weighted by atomic mass is 9.78. The van der Waals surface area contributed by atoms with Crippen LogP contribution in [-0.2, 0) is 4.79 Å². The van der Waals surface area contributed by atoms with Crippen LogP contribution >= 0.6 is 23.2 Å². The number of hydrogen-bond donors (Lipinski definition) is 2. The predicted octanol–water partition coefficient (Wildman–Crippen LogP) is 5.06. The molecular formula is C27H31Cl2N5O3. The maximum atomic E-state index is 12.5. The van der Waals surface area contributed by atoms with Gasteiger partial charge in [0.15, 0.2) is 0 Å². The third-order valence-corrected chi connectivity index (χ3v) is 7.30. The number of aryl methyl sites for hydroxylation is 1. The van der Waals surface area contributed by atoms with E-state index < -0.39 is 5.91 Å². The van der Waals surface area contributed by atoms with Crippen molar-refractivity contribution in [3.8, 4) is 11.4 Å². The molecule has 1 unspecified atom stereocenters. The Morgan fingerprint density at radius 2 is 1.81 bits per heavy atom. The van der Waals surface area contributed by atoms with Crippen LogP contribution in [0.1, 0.15) is 53.5 Å². The molecule has 1 heterocycles. The van der Waals surface area contributed by atoms with Crippen LogP contribution in [0.25, 0.3) is 11.4 Å². The van der Waals surface area contributed by atoms with E-state index in [1.807, 2.05) is 13.0 Å². The summed E-state index contributed by atoms with van der Waals surface area (Å²) in [5.41, 5.74) is 2.60. The maximum Gasteiger partial charge on any atom is 0.316 e. The molecule has 4 rings (SSSR count). The van der Waals surface area contributed by atoms with E-state index in [-0.39, 0.29) is 30.2 Å². The molecule has 1 fully saturated rings. The standard InChI is InChI=1S/C27H31Cl2N5O3/c1-16-13-19(28)14-21(29)23(16)25-32-27(37-33-25)26(36)30-15-22(35)31-20-11-9-18(10-12-20)24(34(2)3)17-7-5-4-6-8-17/h4-8,13-14,18,20,24H,9-12,15H2,1-3H3,(H,30,36)(H,31,35). The second-order valence-corrected chi connectivity index (χ2v) is 10.5. The largest absolute Gasteiger partial charge is 0.352 e. The Hall–Kier alpha value is -2.94. The zero-order valence-corrected chi connectivity index (χ0v) is 22.6. The van der Waals surface area contributed by atoms with Crippen LogP contribution in [0.5, 0.6) is 0 Å². The van der Waals surface area contributed by atoms with Gasteiger partial charge in [-0.15, -0.1) is 0 Å². The van der Waals surface area contributed by atoms with E-state index in [0.29, 0.717) is 27.6 Å². The molecule has 37 heavy (non-hydrogen) atoms. The Kier molecular flexibility index (Phi) is 8.84. The van der Waals surface area contributed by atoms with Crippen molar-refractivity contribution in [1.29, 1.82) is 0 Å². The fraction of sp³-hybridized carbons (Fsp3) is 0.407. The summed E-state index contributed by atoms with van der Waals surface area (Å²) in [4.78, 5) is 31.4. The number of carbonyl (C=O) groups is 2. The topological polar surface area (TPSA) is 100 Å². The van der Waals surface area contributed by atoms with Gasteiger partial charge >= 0.3 is 11.8 Å². The molecule has 2 amide bonds. The molecule has 8 nitrogen and oxygen atoms in total. The predicted molar refractivity (Wildman–Crippen MR) is 144 cm³/mol. The highest BCUT2D eigenvalue weighted by Gasteiger charge is 2.30. The maximum absolute atomic E-state index is 12.5. The number of rotatable bonds is 8. The zero-order valence-electron chi connectivity index (χ0n) is 21.1. The first-order chi connectivity index (χ1) is 17.7. The van der Waals surface area contributed by atoms with Crippen LogP contribution in [0.4, 0.5) is 0 Å². The molecule has 10 heteroatoms. The molecule has 0 bridgehead atoms. The summed E-state index contributed by atoms with van der Waals surface area (Å²) in [6.45, 7) is 1.63. The van der Waals surface area contributed by atoms with Crippen molar-refractivity contribution in [3.63, 3.8) is 0 Å². The van der Waals surface area contributed by atoms with E-state index in [1.54, 1.807) is 12.1 Å². The average Bonchev–Trinajstić information content (AvgIpc) is 3.33. The average molecular weight is 544 g/mol. The van der Waals surface area contributed by atoms with Crippen LogP contribution in [0.2, 0.25) is 10.0 Å². The molecular weight excluding hydrogens is 513 g/mol. The van der Waals surface area contributed by atoms with Crippen LogP contribution in [0.3, 0.4) is 0 Å². The zero-order chi connectivity index (χ0) is 26.5. The highest BCUT2D eigenvalue weighted by Crippen LogP contribution is 2.37. The first kappa shape index (κ1) is 27.1. The lowest BCUT2D eigenvalue weighted by molar-refractivity contribution is -0.121.